The van der Waals surface area contributed by atoms with Crippen molar-refractivity contribution in [1.29, 1.82) is 0 Å². The van der Waals surface area contributed by atoms with Gasteiger partial charge in [-0.25, -0.2) is 0 Å². The first-order valence-corrected chi connectivity index (χ1v) is 7.75. The van der Waals surface area contributed by atoms with Gasteiger partial charge in [-0.05, 0) is 31.7 Å². The molecular weight excluding hydrogens is 280 g/mol. The van der Waals surface area contributed by atoms with Crippen molar-refractivity contribution in [1.82, 2.24) is 20.4 Å². The highest BCUT2D eigenvalue weighted by Gasteiger charge is 2.25. The van der Waals surface area contributed by atoms with Gasteiger partial charge in [0, 0.05) is 25.2 Å². The molecule has 1 aromatic heterocycles. The van der Waals surface area contributed by atoms with Crippen molar-refractivity contribution in [3.8, 4) is 17.2 Å². The molecule has 0 radical (unpaired) electrons. The third kappa shape index (κ3) is 3.28. The Bertz CT molecular complexity index is 614. The van der Waals surface area contributed by atoms with Crippen LogP contribution in [0.1, 0.15) is 25.2 Å². The fourth-order valence-electron chi connectivity index (χ4n) is 2.52. The topological polar surface area (TPSA) is 63.4 Å². The van der Waals surface area contributed by atoms with E-state index in [-0.39, 0.29) is 6.04 Å². The van der Waals surface area contributed by atoms with Crippen molar-refractivity contribution in [3.05, 3.63) is 30.1 Å². The lowest BCUT2D eigenvalue weighted by molar-refractivity contribution is 0.190. The van der Waals surface area contributed by atoms with Crippen molar-refractivity contribution in [2.24, 2.45) is 0 Å². The number of nitrogens with zero attached hydrogens (tertiary/aromatic N) is 3. The molecule has 1 unspecified atom stereocenters. The number of nitrogens with one attached hydrogen (secondary N) is 1. The number of hydrogen-bond acceptors (Lipinski definition) is 6. The van der Waals surface area contributed by atoms with Crippen LogP contribution in [0.15, 0.2) is 28.8 Å². The van der Waals surface area contributed by atoms with Crippen molar-refractivity contribution >= 4 is 0 Å². The van der Waals surface area contributed by atoms with E-state index in [2.05, 4.69) is 34.3 Å². The zero-order valence-electron chi connectivity index (χ0n) is 13.1. The Morgan fingerprint density at radius 3 is 3.18 bits per heavy atom. The third-order valence-electron chi connectivity index (χ3n) is 3.80. The maximum Gasteiger partial charge on any atom is 0.258 e. The zero-order chi connectivity index (χ0) is 15.4. The molecule has 1 aromatic carbocycles. The quantitative estimate of drug-likeness (QED) is 0.912. The summed E-state index contributed by atoms with van der Waals surface area (Å²) < 4.78 is 11.1. The lowest BCUT2D eigenvalue weighted by Gasteiger charge is -2.30. The Kier molecular flexibility index (Phi) is 4.70. The summed E-state index contributed by atoms with van der Waals surface area (Å²) in [7, 11) is 2.08. The number of rotatable bonds is 5. The molecule has 1 aliphatic rings. The number of aromatic nitrogens is 2. The molecule has 1 fully saturated rings. The van der Waals surface area contributed by atoms with Gasteiger partial charge < -0.3 is 14.6 Å². The average molecular weight is 302 g/mol. The summed E-state index contributed by atoms with van der Waals surface area (Å²) in [5, 5.41) is 7.51. The van der Waals surface area contributed by atoms with Crippen molar-refractivity contribution in [3.63, 3.8) is 0 Å². The largest absolute Gasteiger partial charge is 0.494 e. The molecule has 1 saturated heterocycles. The van der Waals surface area contributed by atoms with Gasteiger partial charge in [-0.2, -0.15) is 4.98 Å². The van der Waals surface area contributed by atoms with Crippen molar-refractivity contribution in [2.45, 2.75) is 19.4 Å². The van der Waals surface area contributed by atoms with Gasteiger partial charge in [0.2, 0.25) is 0 Å². The highest BCUT2D eigenvalue weighted by molar-refractivity contribution is 5.55. The summed E-state index contributed by atoms with van der Waals surface area (Å²) in [6.07, 6.45) is 0.982. The minimum absolute atomic E-state index is 0.158. The second-order valence-corrected chi connectivity index (χ2v) is 5.53. The first kappa shape index (κ1) is 15.0. The van der Waals surface area contributed by atoms with Gasteiger partial charge in [0.15, 0.2) is 5.82 Å². The van der Waals surface area contributed by atoms with E-state index in [1.165, 1.54) is 0 Å². The van der Waals surface area contributed by atoms with E-state index in [0.717, 1.165) is 43.2 Å². The van der Waals surface area contributed by atoms with E-state index in [0.29, 0.717) is 12.5 Å². The Morgan fingerprint density at radius 2 is 2.36 bits per heavy atom. The molecule has 2 aromatic rings. The molecule has 0 spiro atoms. The van der Waals surface area contributed by atoms with Crippen LogP contribution in [0.25, 0.3) is 11.5 Å². The molecular formula is C16H22N4O2. The summed E-state index contributed by atoms with van der Waals surface area (Å²) in [6.45, 7) is 5.61. The Balaban J connectivity index is 1.78. The highest BCUT2D eigenvalue weighted by atomic mass is 16.5. The van der Waals surface area contributed by atoms with Crippen LogP contribution in [0.3, 0.4) is 0 Å². The predicted octanol–water partition coefficient (Wildman–Crippen LogP) is 2.10. The summed E-state index contributed by atoms with van der Waals surface area (Å²) >= 11 is 0. The number of piperazine rings is 1. The lowest BCUT2D eigenvalue weighted by atomic mass is 10.2. The van der Waals surface area contributed by atoms with Gasteiger partial charge in [-0.15, -0.1) is 0 Å². The van der Waals surface area contributed by atoms with Crippen LogP contribution in [-0.4, -0.2) is 48.3 Å². The average Bonchev–Trinajstić information content (AvgIpc) is 3.03. The second-order valence-electron chi connectivity index (χ2n) is 5.53. The molecule has 3 rings (SSSR count). The van der Waals surface area contributed by atoms with E-state index in [4.69, 9.17) is 9.26 Å². The highest BCUT2D eigenvalue weighted by Crippen LogP contribution is 2.25. The second kappa shape index (κ2) is 6.89. The van der Waals surface area contributed by atoms with Crippen LogP contribution in [0.4, 0.5) is 0 Å². The van der Waals surface area contributed by atoms with Gasteiger partial charge in [0.25, 0.3) is 5.89 Å². The van der Waals surface area contributed by atoms with Gasteiger partial charge in [-0.3, -0.25) is 4.90 Å². The van der Waals surface area contributed by atoms with Crippen molar-refractivity contribution < 1.29 is 9.26 Å². The normalized spacial score (nSPS) is 19.3. The smallest absolute Gasteiger partial charge is 0.258 e. The maximum absolute atomic E-state index is 5.65. The minimum Gasteiger partial charge on any atom is -0.494 e. The summed E-state index contributed by atoms with van der Waals surface area (Å²) in [5.74, 6) is 2.09. The molecule has 0 bridgehead atoms. The number of benzene rings is 1. The van der Waals surface area contributed by atoms with Crippen LogP contribution in [0, 0.1) is 0 Å². The van der Waals surface area contributed by atoms with E-state index < -0.39 is 0 Å². The first-order chi connectivity index (χ1) is 10.8. The zero-order valence-corrected chi connectivity index (χ0v) is 13.1. The fraction of sp³-hybridized carbons (Fsp3) is 0.500. The summed E-state index contributed by atoms with van der Waals surface area (Å²) in [6, 6.07) is 7.94. The maximum atomic E-state index is 5.65. The molecule has 6 heteroatoms. The predicted molar refractivity (Wildman–Crippen MR) is 83.8 cm³/mol. The molecule has 1 atom stereocenters. The Hall–Kier alpha value is -1.92. The molecule has 0 saturated carbocycles. The standard InChI is InChI=1S/C16H22N4O2/c1-3-9-21-13-6-4-5-12(10-13)16-18-15(19-22-16)14-11-17-7-8-20(14)2/h4-6,10,14,17H,3,7-9,11H2,1-2H3. The van der Waals surface area contributed by atoms with Crippen LogP contribution in [-0.2, 0) is 0 Å². The number of hydrogen-bond donors (Lipinski definition) is 1. The monoisotopic (exact) mass is 302 g/mol. The fourth-order valence-corrected chi connectivity index (χ4v) is 2.52. The summed E-state index contributed by atoms with van der Waals surface area (Å²) in [5.41, 5.74) is 0.888. The first-order valence-electron chi connectivity index (χ1n) is 7.75. The van der Waals surface area contributed by atoms with Crippen LogP contribution >= 0.6 is 0 Å². The molecule has 1 aliphatic heterocycles. The van der Waals surface area contributed by atoms with Gasteiger partial charge in [-0.1, -0.05) is 18.1 Å². The Labute approximate surface area is 130 Å². The van der Waals surface area contributed by atoms with Crippen LogP contribution in [0.5, 0.6) is 5.75 Å². The van der Waals surface area contributed by atoms with Gasteiger partial charge >= 0.3 is 0 Å². The molecule has 6 nitrogen and oxygen atoms in total. The summed E-state index contributed by atoms with van der Waals surface area (Å²) in [4.78, 5) is 6.80. The SMILES string of the molecule is CCCOc1cccc(-c2nc(C3CNCCN3C)no2)c1. The molecule has 0 amide bonds. The lowest BCUT2D eigenvalue weighted by Crippen LogP contribution is -2.44. The molecule has 2 heterocycles. The van der Waals surface area contributed by atoms with Crippen molar-refractivity contribution in [2.75, 3.05) is 33.3 Å². The third-order valence-corrected chi connectivity index (χ3v) is 3.80. The molecule has 0 aliphatic carbocycles. The Morgan fingerprint density at radius 1 is 1.45 bits per heavy atom. The van der Waals surface area contributed by atoms with E-state index in [1.807, 2.05) is 24.3 Å². The molecule has 22 heavy (non-hydrogen) atoms. The van der Waals surface area contributed by atoms with E-state index in [1.54, 1.807) is 0 Å². The minimum atomic E-state index is 0.158. The van der Waals surface area contributed by atoms with Crippen LogP contribution in [0.2, 0.25) is 0 Å². The number of likely N-dealkylation sites (N-methyl/N-ethyl adjacent to an activating group) is 1. The van der Waals surface area contributed by atoms with Gasteiger partial charge in [0.05, 0.1) is 12.6 Å². The van der Waals surface area contributed by atoms with E-state index >= 15 is 0 Å². The molecule has 118 valence electrons. The number of ether oxygens (including phenoxy) is 1. The molecule has 1 N–H and O–H groups in total. The van der Waals surface area contributed by atoms with E-state index in [9.17, 15) is 0 Å². The van der Waals surface area contributed by atoms with Crippen LogP contribution < -0.4 is 10.1 Å². The van der Waals surface area contributed by atoms with Gasteiger partial charge in [0.1, 0.15) is 5.75 Å².